The third kappa shape index (κ3) is 14.9. The Kier molecular flexibility index (Phi) is 20.4. The molecule has 0 atom stereocenters. The summed E-state index contributed by atoms with van der Waals surface area (Å²) < 4.78 is 0. The van der Waals surface area contributed by atoms with Crippen LogP contribution in [-0.4, -0.2) is 34.2 Å². The maximum Gasteiger partial charge on any atom is 0.0283 e. The largest absolute Gasteiger partial charge is 0.112 e. The Balaban J connectivity index is 0. The van der Waals surface area contributed by atoms with E-state index in [0.29, 0.717) is 0 Å². The second-order valence-corrected chi connectivity index (χ2v) is 1.22. The van der Waals surface area contributed by atoms with Crippen molar-refractivity contribution in [3.63, 3.8) is 0 Å². The molecule has 22 valence electrons. The molecule has 0 aliphatic carbocycles. The third-order valence-corrected chi connectivity index (χ3v) is 0. The average Bonchev–Trinajstić information content (AvgIpc) is 0.918. The predicted octanol–water partition coefficient (Wildman–Crippen LogP) is -0.886. The van der Waals surface area contributed by atoms with Crippen molar-refractivity contribution in [2.75, 3.05) is 0 Å². The van der Waals surface area contributed by atoms with Crippen LogP contribution in [-0.2, 0) is 0 Å². The molecule has 0 aliphatic heterocycles. The van der Waals surface area contributed by atoms with Gasteiger partial charge in [0.25, 0.3) is 0 Å². The molecule has 0 aromatic rings. The summed E-state index contributed by atoms with van der Waals surface area (Å²) >= 11 is 0. The van der Waals surface area contributed by atoms with E-state index in [-0.39, 0.29) is 23.9 Å². The van der Waals surface area contributed by atoms with Crippen LogP contribution in [0.4, 0.5) is 0 Å². The summed E-state index contributed by atoms with van der Waals surface area (Å²) in [6.45, 7) is 3.42. The van der Waals surface area contributed by atoms with Crippen LogP contribution < -0.4 is 0 Å². The SMILES string of the molecule is C=C[SiH3].[Sn]. The Morgan fingerprint density at radius 1 is 1.75 bits per heavy atom. The predicted molar refractivity (Wildman–Crippen MR) is 25.9 cm³/mol. The van der Waals surface area contributed by atoms with Crippen LogP contribution in [0.2, 0.25) is 0 Å². The molecule has 4 radical (unpaired) electrons. The number of hydrogen-bond donors (Lipinski definition) is 0. The third-order valence-electron chi connectivity index (χ3n) is 0. The molecule has 0 rings (SSSR count). The first kappa shape index (κ1) is 8.83. The van der Waals surface area contributed by atoms with Gasteiger partial charge in [-0.3, -0.25) is 0 Å². The van der Waals surface area contributed by atoms with Crippen LogP contribution in [0, 0.1) is 0 Å². The second-order valence-electron chi connectivity index (χ2n) is 0.408. The minimum Gasteiger partial charge on any atom is -0.112 e. The zero-order valence-electron chi connectivity index (χ0n) is 2.78. The summed E-state index contributed by atoms with van der Waals surface area (Å²) in [7, 11) is 1.13. The van der Waals surface area contributed by atoms with E-state index in [4.69, 9.17) is 0 Å². The van der Waals surface area contributed by atoms with E-state index in [2.05, 4.69) is 6.58 Å². The zero-order chi connectivity index (χ0) is 2.71. The van der Waals surface area contributed by atoms with Crippen LogP contribution in [0.3, 0.4) is 0 Å². The summed E-state index contributed by atoms with van der Waals surface area (Å²) in [5, 5.41) is 0. The summed E-state index contributed by atoms with van der Waals surface area (Å²) in [4.78, 5) is 0. The van der Waals surface area contributed by atoms with Gasteiger partial charge >= 0.3 is 0 Å². The summed E-state index contributed by atoms with van der Waals surface area (Å²) in [5.74, 6) is 0. The molecule has 0 unspecified atom stereocenters. The molecule has 0 heterocycles. The van der Waals surface area contributed by atoms with E-state index in [9.17, 15) is 0 Å². The van der Waals surface area contributed by atoms with Crippen molar-refractivity contribution in [3.05, 3.63) is 12.3 Å². The second kappa shape index (κ2) is 9.25. The van der Waals surface area contributed by atoms with Gasteiger partial charge < -0.3 is 0 Å². The van der Waals surface area contributed by atoms with E-state index >= 15 is 0 Å². The van der Waals surface area contributed by atoms with Crippen molar-refractivity contribution in [2.45, 2.75) is 0 Å². The normalized spacial score (nSPS) is 4.00. The first-order valence-electron chi connectivity index (χ1n) is 0.986. The van der Waals surface area contributed by atoms with E-state index in [1.165, 1.54) is 0 Å². The van der Waals surface area contributed by atoms with Crippen molar-refractivity contribution in [3.8, 4) is 0 Å². The molecule has 0 amide bonds. The Labute approximate surface area is 46.7 Å². The Bertz CT molecular complexity index is 13.5. The maximum atomic E-state index is 3.42. The standard InChI is InChI=1S/C2H6Si.Sn/c1-2-3;/h2H,1H2,3H3;. The topological polar surface area (TPSA) is 0 Å². The van der Waals surface area contributed by atoms with Crippen LogP contribution in [0.5, 0.6) is 0 Å². The molecule has 0 saturated carbocycles. The molecule has 0 fully saturated rings. The molecule has 0 bridgehead atoms. The first-order chi connectivity index (χ1) is 1.41. The van der Waals surface area contributed by atoms with Crippen LogP contribution in [0.15, 0.2) is 12.3 Å². The minimum absolute atomic E-state index is 0. The van der Waals surface area contributed by atoms with Crippen molar-refractivity contribution in [1.29, 1.82) is 0 Å². The zero-order valence-corrected chi connectivity index (χ0v) is 7.64. The fraction of sp³-hybridized carbons (Fsp3) is 0. The fourth-order valence-electron chi connectivity index (χ4n) is 0. The van der Waals surface area contributed by atoms with Gasteiger partial charge in [-0.25, -0.2) is 0 Å². The van der Waals surface area contributed by atoms with Crippen LogP contribution in [0.25, 0.3) is 0 Å². The van der Waals surface area contributed by atoms with Gasteiger partial charge in [0.1, 0.15) is 0 Å². The molecule has 0 aliphatic rings. The molecule has 0 aromatic heterocycles. The van der Waals surface area contributed by atoms with Gasteiger partial charge in [-0.2, -0.15) is 0 Å². The summed E-state index contributed by atoms with van der Waals surface area (Å²) in [6, 6.07) is 0. The van der Waals surface area contributed by atoms with Gasteiger partial charge in [-0.15, -0.1) is 12.3 Å². The molecular formula is C2H6SiSn. The number of hydrogen-bond acceptors (Lipinski definition) is 0. The Morgan fingerprint density at radius 3 is 1.75 bits per heavy atom. The van der Waals surface area contributed by atoms with Crippen LogP contribution >= 0.6 is 0 Å². The first-order valence-corrected chi connectivity index (χ1v) is 2.14. The summed E-state index contributed by atoms with van der Waals surface area (Å²) in [6.07, 6.45) is 0. The van der Waals surface area contributed by atoms with Gasteiger partial charge in [0.15, 0.2) is 0 Å². The fourth-order valence-corrected chi connectivity index (χ4v) is 0. The van der Waals surface area contributed by atoms with E-state index < -0.39 is 0 Å². The Morgan fingerprint density at radius 2 is 1.75 bits per heavy atom. The molecular weight excluding hydrogens is 171 g/mol. The minimum atomic E-state index is 0. The van der Waals surface area contributed by atoms with Gasteiger partial charge in [-0.05, 0) is 0 Å². The van der Waals surface area contributed by atoms with Crippen molar-refractivity contribution in [1.82, 2.24) is 0 Å². The van der Waals surface area contributed by atoms with Gasteiger partial charge in [0.05, 0.1) is 0 Å². The van der Waals surface area contributed by atoms with Crippen molar-refractivity contribution in [2.24, 2.45) is 0 Å². The smallest absolute Gasteiger partial charge is 0.0283 e. The van der Waals surface area contributed by atoms with E-state index in [1.807, 2.05) is 5.70 Å². The molecule has 0 N–H and O–H groups in total. The molecule has 2 heteroatoms. The van der Waals surface area contributed by atoms with E-state index in [0.717, 1.165) is 10.2 Å². The van der Waals surface area contributed by atoms with E-state index in [1.54, 1.807) is 0 Å². The Hall–Kier alpha value is 0.756. The molecule has 0 saturated heterocycles. The van der Waals surface area contributed by atoms with Crippen molar-refractivity contribution < 1.29 is 0 Å². The van der Waals surface area contributed by atoms with Crippen LogP contribution in [0.1, 0.15) is 0 Å². The summed E-state index contributed by atoms with van der Waals surface area (Å²) in [5.41, 5.74) is 1.89. The molecule has 0 nitrogen and oxygen atoms in total. The van der Waals surface area contributed by atoms with Gasteiger partial charge in [0, 0.05) is 34.2 Å². The molecule has 0 aromatic carbocycles. The van der Waals surface area contributed by atoms with Gasteiger partial charge in [-0.1, -0.05) is 0 Å². The molecule has 0 spiro atoms. The quantitative estimate of drug-likeness (QED) is 0.421. The monoisotopic (exact) mass is 178 g/mol. The van der Waals surface area contributed by atoms with Gasteiger partial charge in [0.2, 0.25) is 0 Å². The number of rotatable bonds is 0. The molecule has 4 heavy (non-hydrogen) atoms. The maximum absolute atomic E-state index is 3.42. The average molecular weight is 177 g/mol. The van der Waals surface area contributed by atoms with Crippen molar-refractivity contribution >= 4 is 34.2 Å².